The molecule has 1 aromatic heterocycles. The Kier molecular flexibility index (Phi) is 3.58. The number of hydrogen-bond acceptors (Lipinski definition) is 1. The van der Waals surface area contributed by atoms with Crippen LogP contribution in [0.1, 0.15) is 57.0 Å². The number of nitrogens with zero attached hydrogens (tertiary/aromatic N) is 2. The Labute approximate surface area is 93.7 Å². The Morgan fingerprint density at radius 1 is 1.27 bits per heavy atom. The van der Waals surface area contributed by atoms with E-state index in [0.717, 1.165) is 0 Å². The molecule has 2 nitrogen and oxygen atoms in total. The molecule has 1 rings (SSSR count). The lowest BCUT2D eigenvalue weighted by Gasteiger charge is -2.23. The van der Waals surface area contributed by atoms with Gasteiger partial charge in [-0.2, -0.15) is 5.10 Å². The van der Waals surface area contributed by atoms with Gasteiger partial charge in [-0.15, -0.1) is 0 Å². The molecule has 0 radical (unpaired) electrons. The highest BCUT2D eigenvalue weighted by Crippen LogP contribution is 2.31. The topological polar surface area (TPSA) is 17.8 Å². The number of aryl methyl sites for hydroxylation is 1. The maximum Gasteiger partial charge on any atom is 0.0712 e. The Morgan fingerprint density at radius 3 is 2.27 bits per heavy atom. The summed E-state index contributed by atoms with van der Waals surface area (Å²) in [6.07, 6.45) is 3.76. The minimum atomic E-state index is 0.214. The minimum absolute atomic E-state index is 0.214. The van der Waals surface area contributed by atoms with Gasteiger partial charge in [0.15, 0.2) is 0 Å². The van der Waals surface area contributed by atoms with Gasteiger partial charge >= 0.3 is 0 Å². The molecule has 2 heteroatoms. The van der Waals surface area contributed by atoms with Crippen LogP contribution in [0, 0.1) is 13.8 Å². The second-order valence-electron chi connectivity index (χ2n) is 5.17. The van der Waals surface area contributed by atoms with E-state index in [9.17, 15) is 0 Å². The summed E-state index contributed by atoms with van der Waals surface area (Å²) in [6.45, 7) is 11.2. The predicted octanol–water partition coefficient (Wildman–Crippen LogP) is 3.50. The Morgan fingerprint density at radius 2 is 1.87 bits per heavy atom. The fraction of sp³-hybridized carbons (Fsp3) is 0.769. The molecule has 0 atom stereocenters. The number of rotatable bonds is 4. The van der Waals surface area contributed by atoms with Crippen LogP contribution in [-0.2, 0) is 12.5 Å². The third-order valence-corrected chi connectivity index (χ3v) is 3.43. The first kappa shape index (κ1) is 12.3. The zero-order valence-corrected chi connectivity index (χ0v) is 11.0. The van der Waals surface area contributed by atoms with Crippen molar-refractivity contribution in [3.05, 3.63) is 17.0 Å². The van der Waals surface area contributed by atoms with Crippen LogP contribution in [0.25, 0.3) is 0 Å². The van der Waals surface area contributed by atoms with E-state index < -0.39 is 0 Å². The SMILES string of the molecule is CCCCC(C)(C)c1nn(C)c(C)c1C. The minimum Gasteiger partial charge on any atom is -0.272 e. The second-order valence-corrected chi connectivity index (χ2v) is 5.17. The van der Waals surface area contributed by atoms with Gasteiger partial charge in [-0.25, -0.2) is 0 Å². The lowest BCUT2D eigenvalue weighted by Crippen LogP contribution is -2.19. The fourth-order valence-corrected chi connectivity index (χ4v) is 2.09. The molecule has 0 amide bonds. The summed E-state index contributed by atoms with van der Waals surface area (Å²) in [5.41, 5.74) is 4.13. The largest absolute Gasteiger partial charge is 0.272 e. The molecule has 0 bridgehead atoms. The normalized spacial score (nSPS) is 12.1. The van der Waals surface area contributed by atoms with Gasteiger partial charge in [-0.3, -0.25) is 4.68 Å². The van der Waals surface area contributed by atoms with Crippen molar-refractivity contribution in [2.45, 2.75) is 59.3 Å². The van der Waals surface area contributed by atoms with E-state index >= 15 is 0 Å². The molecule has 86 valence electrons. The van der Waals surface area contributed by atoms with Crippen molar-refractivity contribution < 1.29 is 0 Å². The van der Waals surface area contributed by atoms with Crippen LogP contribution < -0.4 is 0 Å². The Hall–Kier alpha value is -0.790. The fourth-order valence-electron chi connectivity index (χ4n) is 2.09. The first-order valence-electron chi connectivity index (χ1n) is 5.91. The van der Waals surface area contributed by atoms with Gasteiger partial charge in [-0.05, 0) is 25.8 Å². The van der Waals surface area contributed by atoms with Crippen LogP contribution in [0.3, 0.4) is 0 Å². The molecule has 0 N–H and O–H groups in total. The third-order valence-electron chi connectivity index (χ3n) is 3.43. The van der Waals surface area contributed by atoms with Gasteiger partial charge in [0.25, 0.3) is 0 Å². The summed E-state index contributed by atoms with van der Waals surface area (Å²) in [5, 5.41) is 4.65. The molecule has 0 saturated heterocycles. The molecule has 0 fully saturated rings. The predicted molar refractivity (Wildman–Crippen MR) is 65.2 cm³/mol. The second kappa shape index (κ2) is 4.38. The van der Waals surface area contributed by atoms with Crippen LogP contribution in [0.15, 0.2) is 0 Å². The summed E-state index contributed by atoms with van der Waals surface area (Å²) < 4.78 is 2.00. The molecule has 0 aliphatic rings. The van der Waals surface area contributed by atoms with Crippen LogP contribution in [0.5, 0.6) is 0 Å². The molecule has 0 saturated carbocycles. The number of aromatic nitrogens is 2. The zero-order chi connectivity index (χ0) is 11.6. The lowest BCUT2D eigenvalue weighted by atomic mass is 9.82. The van der Waals surface area contributed by atoms with Crippen LogP contribution in [-0.4, -0.2) is 9.78 Å². The van der Waals surface area contributed by atoms with E-state index in [1.807, 2.05) is 11.7 Å². The van der Waals surface area contributed by atoms with Crippen LogP contribution >= 0.6 is 0 Å². The van der Waals surface area contributed by atoms with E-state index in [2.05, 4.69) is 39.7 Å². The lowest BCUT2D eigenvalue weighted by molar-refractivity contribution is 0.438. The summed E-state index contributed by atoms with van der Waals surface area (Å²) in [5.74, 6) is 0. The number of hydrogen-bond donors (Lipinski definition) is 0. The average molecular weight is 208 g/mol. The Bertz CT molecular complexity index is 335. The first-order valence-corrected chi connectivity index (χ1v) is 5.91. The molecule has 0 unspecified atom stereocenters. The van der Waals surface area contributed by atoms with E-state index in [1.165, 1.54) is 36.2 Å². The standard InChI is InChI=1S/C13H24N2/c1-7-8-9-13(4,5)12-10(2)11(3)15(6)14-12/h7-9H2,1-6H3. The van der Waals surface area contributed by atoms with Gasteiger partial charge in [0.2, 0.25) is 0 Å². The van der Waals surface area contributed by atoms with Crippen LogP contribution in [0.2, 0.25) is 0 Å². The molecule has 0 spiro atoms. The molecule has 1 aromatic rings. The van der Waals surface area contributed by atoms with Gasteiger partial charge in [0.05, 0.1) is 5.69 Å². The van der Waals surface area contributed by atoms with Crippen molar-refractivity contribution in [1.29, 1.82) is 0 Å². The van der Waals surface area contributed by atoms with Gasteiger partial charge in [0, 0.05) is 18.2 Å². The van der Waals surface area contributed by atoms with E-state index in [4.69, 9.17) is 0 Å². The monoisotopic (exact) mass is 208 g/mol. The molecular formula is C13H24N2. The Balaban J connectivity index is 2.98. The smallest absolute Gasteiger partial charge is 0.0712 e. The summed E-state index contributed by atoms with van der Waals surface area (Å²) in [7, 11) is 2.03. The van der Waals surface area contributed by atoms with Crippen molar-refractivity contribution in [2.75, 3.05) is 0 Å². The van der Waals surface area contributed by atoms with Crippen molar-refractivity contribution in [1.82, 2.24) is 9.78 Å². The third kappa shape index (κ3) is 2.42. The van der Waals surface area contributed by atoms with Crippen molar-refractivity contribution in [3.8, 4) is 0 Å². The van der Waals surface area contributed by atoms with Gasteiger partial charge in [-0.1, -0.05) is 33.6 Å². The van der Waals surface area contributed by atoms with Crippen molar-refractivity contribution in [3.63, 3.8) is 0 Å². The number of unbranched alkanes of at least 4 members (excludes halogenated alkanes) is 1. The average Bonchev–Trinajstić information content (AvgIpc) is 2.43. The molecule has 1 heterocycles. The van der Waals surface area contributed by atoms with Gasteiger partial charge in [0.1, 0.15) is 0 Å². The molecule has 15 heavy (non-hydrogen) atoms. The zero-order valence-electron chi connectivity index (χ0n) is 11.0. The molecule has 0 aliphatic heterocycles. The molecular weight excluding hydrogens is 184 g/mol. The van der Waals surface area contributed by atoms with Gasteiger partial charge < -0.3 is 0 Å². The van der Waals surface area contributed by atoms with Crippen molar-refractivity contribution in [2.24, 2.45) is 7.05 Å². The maximum absolute atomic E-state index is 4.65. The first-order chi connectivity index (χ1) is 6.90. The highest BCUT2D eigenvalue weighted by Gasteiger charge is 2.26. The highest BCUT2D eigenvalue weighted by atomic mass is 15.3. The summed E-state index contributed by atoms with van der Waals surface area (Å²) >= 11 is 0. The molecule has 0 aliphatic carbocycles. The highest BCUT2D eigenvalue weighted by molar-refractivity contribution is 5.29. The van der Waals surface area contributed by atoms with Crippen LogP contribution in [0.4, 0.5) is 0 Å². The van der Waals surface area contributed by atoms with E-state index in [0.29, 0.717) is 0 Å². The quantitative estimate of drug-likeness (QED) is 0.740. The van der Waals surface area contributed by atoms with E-state index in [1.54, 1.807) is 0 Å². The maximum atomic E-state index is 4.65. The summed E-state index contributed by atoms with van der Waals surface area (Å²) in [6, 6.07) is 0. The van der Waals surface area contributed by atoms with E-state index in [-0.39, 0.29) is 5.41 Å². The summed E-state index contributed by atoms with van der Waals surface area (Å²) in [4.78, 5) is 0. The molecule has 0 aromatic carbocycles. The van der Waals surface area contributed by atoms with Crippen molar-refractivity contribution >= 4 is 0 Å².